The highest BCUT2D eigenvalue weighted by atomic mass is 32.2. The van der Waals surface area contributed by atoms with Gasteiger partial charge < -0.3 is 5.73 Å². The fourth-order valence-corrected chi connectivity index (χ4v) is 3.92. The van der Waals surface area contributed by atoms with E-state index in [1.54, 1.807) is 27.7 Å². The van der Waals surface area contributed by atoms with Crippen LogP contribution in [0.2, 0.25) is 0 Å². The van der Waals surface area contributed by atoms with Crippen LogP contribution >= 0.6 is 0 Å². The molecule has 0 unspecified atom stereocenters. The van der Waals surface area contributed by atoms with Crippen molar-refractivity contribution in [3.63, 3.8) is 0 Å². The molecular weight excluding hydrogens is 279 g/mol. The van der Waals surface area contributed by atoms with E-state index in [1.807, 2.05) is 0 Å². The summed E-state index contributed by atoms with van der Waals surface area (Å²) >= 11 is 0. The molecule has 0 saturated carbocycles. The summed E-state index contributed by atoms with van der Waals surface area (Å²) in [7, 11) is -3.78. The number of anilines is 1. The molecule has 0 aliphatic carbocycles. The molecule has 0 aliphatic rings. The van der Waals surface area contributed by atoms with E-state index >= 15 is 0 Å². The number of nitrogens with two attached hydrogens (primary N) is 1. The van der Waals surface area contributed by atoms with Crippen molar-refractivity contribution in [1.29, 1.82) is 0 Å². The minimum Gasteiger partial charge on any atom is -0.396 e. The lowest BCUT2D eigenvalue weighted by atomic mass is 10.1. The molecular formula is C14H21FN2O2S. The number of hydrogen-bond donors (Lipinski definition) is 1. The van der Waals surface area contributed by atoms with Crippen LogP contribution in [-0.2, 0) is 10.0 Å². The Balaban J connectivity index is 3.49. The number of aryl methyl sites for hydroxylation is 1. The third-order valence-corrected chi connectivity index (χ3v) is 5.18. The molecule has 1 aromatic rings. The molecule has 0 saturated heterocycles. The maximum absolute atomic E-state index is 13.4. The van der Waals surface area contributed by atoms with Crippen molar-refractivity contribution in [3.05, 3.63) is 36.2 Å². The fraction of sp³-hybridized carbons (Fsp3) is 0.429. The minimum atomic E-state index is -3.78. The number of halogens is 1. The van der Waals surface area contributed by atoms with Crippen LogP contribution in [0.3, 0.4) is 0 Å². The molecule has 112 valence electrons. The molecule has 6 heteroatoms. The second-order valence-corrected chi connectivity index (χ2v) is 7.47. The molecule has 0 heterocycles. The van der Waals surface area contributed by atoms with Crippen molar-refractivity contribution in [2.24, 2.45) is 0 Å². The fourth-order valence-electron chi connectivity index (χ4n) is 1.91. The molecule has 0 amide bonds. The van der Waals surface area contributed by atoms with Gasteiger partial charge in [-0.2, -0.15) is 4.31 Å². The normalized spacial score (nSPS) is 12.7. The Hall–Kier alpha value is -1.40. The van der Waals surface area contributed by atoms with Crippen LogP contribution in [0.25, 0.3) is 0 Å². The molecule has 1 rings (SSSR count). The lowest BCUT2D eigenvalue weighted by Gasteiger charge is -2.34. The summed E-state index contributed by atoms with van der Waals surface area (Å²) in [4.78, 5) is 0.0215. The monoisotopic (exact) mass is 300 g/mol. The van der Waals surface area contributed by atoms with Crippen LogP contribution in [-0.4, -0.2) is 24.8 Å². The topological polar surface area (TPSA) is 63.4 Å². The first-order chi connectivity index (χ1) is 9.01. The molecule has 0 spiro atoms. The summed E-state index contributed by atoms with van der Waals surface area (Å²) in [6, 6.07) is 2.30. The molecule has 0 fully saturated rings. The van der Waals surface area contributed by atoms with Crippen LogP contribution in [0.15, 0.2) is 29.7 Å². The average molecular weight is 300 g/mol. The summed E-state index contributed by atoms with van der Waals surface area (Å²) in [5.74, 6) is -0.618. The van der Waals surface area contributed by atoms with Crippen molar-refractivity contribution in [2.45, 2.75) is 38.1 Å². The van der Waals surface area contributed by atoms with Gasteiger partial charge in [0, 0.05) is 12.1 Å². The lowest BCUT2D eigenvalue weighted by molar-refractivity contribution is 0.269. The van der Waals surface area contributed by atoms with Crippen molar-refractivity contribution in [2.75, 3.05) is 12.3 Å². The largest absolute Gasteiger partial charge is 0.396 e. The van der Waals surface area contributed by atoms with E-state index in [2.05, 4.69) is 6.58 Å². The number of sulfonamides is 1. The number of nitrogens with zero attached hydrogens (tertiary/aromatic N) is 1. The third-order valence-electron chi connectivity index (χ3n) is 2.91. The van der Waals surface area contributed by atoms with Gasteiger partial charge in [-0.1, -0.05) is 6.08 Å². The Kier molecular flexibility index (Phi) is 4.61. The van der Waals surface area contributed by atoms with E-state index in [0.29, 0.717) is 5.56 Å². The zero-order valence-corrected chi connectivity index (χ0v) is 13.1. The molecule has 0 aromatic heterocycles. The van der Waals surface area contributed by atoms with E-state index in [1.165, 1.54) is 16.4 Å². The smallest absolute Gasteiger partial charge is 0.244 e. The molecule has 0 atom stereocenters. The summed E-state index contributed by atoms with van der Waals surface area (Å²) in [6.07, 6.45) is 1.52. The molecule has 20 heavy (non-hydrogen) atoms. The Morgan fingerprint density at radius 3 is 2.40 bits per heavy atom. The maximum Gasteiger partial charge on any atom is 0.244 e. The van der Waals surface area contributed by atoms with E-state index in [0.717, 1.165) is 6.07 Å². The van der Waals surface area contributed by atoms with Crippen LogP contribution in [0.4, 0.5) is 10.1 Å². The molecule has 2 N–H and O–H groups in total. The number of nitrogen functional groups attached to an aromatic ring is 1. The molecule has 1 aromatic carbocycles. The van der Waals surface area contributed by atoms with Gasteiger partial charge >= 0.3 is 0 Å². The van der Waals surface area contributed by atoms with E-state index in [9.17, 15) is 12.8 Å². The number of rotatable bonds is 4. The number of benzene rings is 1. The molecule has 0 radical (unpaired) electrons. The maximum atomic E-state index is 13.4. The first kappa shape index (κ1) is 16.7. The van der Waals surface area contributed by atoms with Crippen molar-refractivity contribution in [1.82, 2.24) is 4.31 Å². The predicted octanol–water partition coefficient (Wildman–Crippen LogP) is 2.69. The lowest BCUT2D eigenvalue weighted by Crippen LogP contribution is -2.45. The average Bonchev–Trinajstić information content (AvgIpc) is 2.28. The van der Waals surface area contributed by atoms with E-state index in [4.69, 9.17) is 5.73 Å². The first-order valence-corrected chi connectivity index (χ1v) is 7.65. The van der Waals surface area contributed by atoms with Gasteiger partial charge in [-0.3, -0.25) is 0 Å². The van der Waals surface area contributed by atoms with Crippen LogP contribution in [0.1, 0.15) is 26.3 Å². The van der Waals surface area contributed by atoms with Gasteiger partial charge in [0.1, 0.15) is 5.82 Å². The quantitative estimate of drug-likeness (QED) is 0.687. The zero-order valence-electron chi connectivity index (χ0n) is 12.3. The highest BCUT2D eigenvalue weighted by Crippen LogP contribution is 2.28. The van der Waals surface area contributed by atoms with Crippen LogP contribution in [0, 0.1) is 12.7 Å². The molecule has 0 aliphatic heterocycles. The van der Waals surface area contributed by atoms with Crippen LogP contribution < -0.4 is 5.73 Å². The Bertz CT molecular complexity index is 619. The summed E-state index contributed by atoms with van der Waals surface area (Å²) < 4.78 is 40.2. The Morgan fingerprint density at radius 1 is 1.40 bits per heavy atom. The van der Waals surface area contributed by atoms with Crippen molar-refractivity contribution < 1.29 is 12.8 Å². The summed E-state index contributed by atoms with van der Waals surface area (Å²) in [5, 5.41) is 0. The standard InChI is InChI=1S/C14H21FN2O2S/c1-6-7-17(14(3,4)5)20(18,19)13-9-12(16)11(15)8-10(13)2/h6,8-9H,1,7,16H2,2-5H3. The SMILES string of the molecule is C=CCN(C(C)(C)C)S(=O)(=O)c1cc(N)c(F)cc1C. The second kappa shape index (κ2) is 5.54. The van der Waals surface area contributed by atoms with Gasteiger partial charge in [-0.05, 0) is 45.4 Å². The van der Waals surface area contributed by atoms with Crippen molar-refractivity contribution >= 4 is 15.7 Å². The van der Waals surface area contributed by atoms with Gasteiger partial charge in [-0.25, -0.2) is 12.8 Å². The van der Waals surface area contributed by atoms with Crippen LogP contribution in [0.5, 0.6) is 0 Å². The summed E-state index contributed by atoms with van der Waals surface area (Å²) in [6.45, 7) is 10.7. The second-order valence-electron chi connectivity index (χ2n) is 5.63. The number of hydrogen-bond acceptors (Lipinski definition) is 3. The van der Waals surface area contributed by atoms with E-state index < -0.39 is 21.4 Å². The van der Waals surface area contributed by atoms with E-state index in [-0.39, 0.29) is 17.1 Å². The molecule has 0 bridgehead atoms. The van der Waals surface area contributed by atoms with Crippen molar-refractivity contribution in [3.8, 4) is 0 Å². The Labute approximate surface area is 120 Å². The third kappa shape index (κ3) is 3.19. The first-order valence-electron chi connectivity index (χ1n) is 6.21. The Morgan fingerprint density at radius 2 is 1.95 bits per heavy atom. The van der Waals surface area contributed by atoms with Gasteiger partial charge in [0.05, 0.1) is 10.6 Å². The van der Waals surface area contributed by atoms with Gasteiger partial charge in [0.2, 0.25) is 10.0 Å². The predicted molar refractivity (Wildman–Crippen MR) is 79.4 cm³/mol. The minimum absolute atomic E-state index is 0.0215. The zero-order chi connectivity index (χ0) is 15.7. The summed E-state index contributed by atoms with van der Waals surface area (Å²) in [5.41, 5.74) is 5.02. The van der Waals surface area contributed by atoms with Gasteiger partial charge in [-0.15, -0.1) is 6.58 Å². The van der Waals surface area contributed by atoms with Gasteiger partial charge in [0.15, 0.2) is 0 Å². The highest BCUT2D eigenvalue weighted by Gasteiger charge is 2.34. The highest BCUT2D eigenvalue weighted by molar-refractivity contribution is 7.89. The molecule has 4 nitrogen and oxygen atoms in total. The van der Waals surface area contributed by atoms with Gasteiger partial charge in [0.25, 0.3) is 0 Å².